The molecule has 0 aromatic rings. The molecule has 0 heteroatoms. The van der Waals surface area contributed by atoms with Crippen molar-refractivity contribution >= 4 is 0 Å². The second-order valence-corrected chi connectivity index (χ2v) is 5.81. The van der Waals surface area contributed by atoms with Crippen molar-refractivity contribution < 1.29 is 0 Å². The maximum Gasteiger partial charge on any atom is -0.0348 e. The predicted octanol–water partition coefficient (Wildman–Crippen LogP) is 7.84. The molecular formula is C24H35. The van der Waals surface area contributed by atoms with Gasteiger partial charge in [0, 0.05) is 0 Å². The maximum absolute atomic E-state index is 5.22. The molecule has 0 saturated heterocycles. The third kappa shape index (κ3) is 20.2. The van der Waals surface area contributed by atoms with Crippen LogP contribution >= 0.6 is 0 Å². The van der Waals surface area contributed by atoms with Gasteiger partial charge in [0.05, 0.1) is 0 Å². The van der Waals surface area contributed by atoms with Crippen LogP contribution in [-0.2, 0) is 0 Å². The number of allylic oxidation sites excluding steroid dienone is 13. The van der Waals surface area contributed by atoms with E-state index in [0.717, 1.165) is 0 Å². The van der Waals surface area contributed by atoms with Crippen LogP contribution in [0.5, 0.6) is 0 Å². The fourth-order valence-corrected chi connectivity index (χ4v) is 2.21. The molecule has 0 nitrogen and oxygen atoms in total. The third-order valence-electron chi connectivity index (χ3n) is 3.58. The van der Waals surface area contributed by atoms with E-state index < -0.39 is 0 Å². The molecule has 0 heterocycles. The van der Waals surface area contributed by atoms with Crippen LogP contribution in [0.2, 0.25) is 0 Å². The Bertz CT molecular complexity index is 427. The lowest BCUT2D eigenvalue weighted by Crippen LogP contribution is -1.79. The minimum Gasteiger partial charge on any atom is -0.0845 e. The fourth-order valence-electron chi connectivity index (χ4n) is 2.21. The Morgan fingerprint density at radius 1 is 0.500 bits per heavy atom. The SMILES string of the molecule is [CH]=CC=CC=CC=CC=CC=CC=CCCCCCCCCCC. The highest BCUT2D eigenvalue weighted by atomic mass is 14.0. The Balaban J connectivity index is 3.49. The van der Waals surface area contributed by atoms with Crippen molar-refractivity contribution in [3.05, 3.63) is 85.6 Å². The van der Waals surface area contributed by atoms with E-state index in [4.69, 9.17) is 6.58 Å². The quantitative estimate of drug-likeness (QED) is 0.213. The summed E-state index contributed by atoms with van der Waals surface area (Å²) in [5.74, 6) is 0. The molecule has 24 heavy (non-hydrogen) atoms. The van der Waals surface area contributed by atoms with Gasteiger partial charge in [-0.1, -0.05) is 137 Å². The van der Waals surface area contributed by atoms with Gasteiger partial charge in [-0.25, -0.2) is 0 Å². The zero-order valence-corrected chi connectivity index (χ0v) is 15.4. The molecule has 0 aromatic heterocycles. The molecular weight excluding hydrogens is 288 g/mol. The Kier molecular flexibility index (Phi) is 19.6. The molecule has 0 aliphatic carbocycles. The predicted molar refractivity (Wildman–Crippen MR) is 111 cm³/mol. The Morgan fingerprint density at radius 2 is 0.917 bits per heavy atom. The molecule has 0 amide bonds. The van der Waals surface area contributed by atoms with Gasteiger partial charge in [-0.3, -0.25) is 0 Å². The lowest BCUT2D eigenvalue weighted by atomic mass is 10.1. The summed E-state index contributed by atoms with van der Waals surface area (Å²) in [4.78, 5) is 0. The summed E-state index contributed by atoms with van der Waals surface area (Å²) in [5, 5.41) is 0. The molecule has 0 bridgehead atoms. The lowest BCUT2D eigenvalue weighted by Gasteiger charge is -1.99. The first-order valence-corrected chi connectivity index (χ1v) is 9.45. The third-order valence-corrected chi connectivity index (χ3v) is 3.58. The molecule has 0 spiro atoms. The van der Waals surface area contributed by atoms with E-state index in [0.29, 0.717) is 0 Å². The van der Waals surface area contributed by atoms with Crippen LogP contribution in [-0.4, -0.2) is 0 Å². The number of hydrogen-bond acceptors (Lipinski definition) is 0. The van der Waals surface area contributed by atoms with Gasteiger partial charge in [0.1, 0.15) is 0 Å². The second kappa shape index (κ2) is 21.2. The molecule has 0 saturated carbocycles. The molecule has 0 aliphatic rings. The molecule has 0 rings (SSSR count). The zero-order chi connectivity index (χ0) is 17.6. The van der Waals surface area contributed by atoms with E-state index >= 15 is 0 Å². The standard InChI is InChI=1S/C24H35/c1-3-5-7-9-11-13-15-17-19-21-23-24-22-20-18-16-14-12-10-8-6-4-2/h1,3,5,7,9,11,13,15,17,19,21-24H,4,6,8,10,12,14,16,18,20H2,2H3. The van der Waals surface area contributed by atoms with Crippen molar-refractivity contribution in [1.82, 2.24) is 0 Å². The highest BCUT2D eigenvalue weighted by Crippen LogP contribution is 2.09. The van der Waals surface area contributed by atoms with Crippen molar-refractivity contribution in [2.24, 2.45) is 0 Å². The Labute approximate surface area is 150 Å². The summed E-state index contributed by atoms with van der Waals surface area (Å²) in [6.07, 6.45) is 38.0. The summed E-state index contributed by atoms with van der Waals surface area (Å²) in [6, 6.07) is 0. The average Bonchev–Trinajstić information content (AvgIpc) is 2.60. The van der Waals surface area contributed by atoms with E-state index in [1.54, 1.807) is 6.08 Å². The van der Waals surface area contributed by atoms with E-state index in [-0.39, 0.29) is 0 Å². The normalized spacial score (nSPS) is 13.0. The van der Waals surface area contributed by atoms with Crippen molar-refractivity contribution in [2.75, 3.05) is 0 Å². The average molecular weight is 324 g/mol. The molecule has 131 valence electrons. The summed E-state index contributed by atoms with van der Waals surface area (Å²) in [6.45, 7) is 7.49. The Morgan fingerprint density at radius 3 is 1.42 bits per heavy atom. The van der Waals surface area contributed by atoms with Gasteiger partial charge in [-0.2, -0.15) is 0 Å². The molecule has 0 fully saturated rings. The van der Waals surface area contributed by atoms with Crippen LogP contribution in [0.3, 0.4) is 0 Å². The number of unbranched alkanes of at least 4 members (excludes halogenated alkanes) is 8. The van der Waals surface area contributed by atoms with Crippen LogP contribution < -0.4 is 0 Å². The van der Waals surface area contributed by atoms with Gasteiger partial charge >= 0.3 is 0 Å². The van der Waals surface area contributed by atoms with Gasteiger partial charge in [-0.05, 0) is 12.8 Å². The highest BCUT2D eigenvalue weighted by Gasteiger charge is 1.89. The van der Waals surface area contributed by atoms with E-state index in [1.165, 1.54) is 63.9 Å². The van der Waals surface area contributed by atoms with E-state index in [1.807, 2.05) is 42.5 Å². The zero-order valence-electron chi connectivity index (χ0n) is 15.4. The van der Waals surface area contributed by atoms with Crippen molar-refractivity contribution in [3.8, 4) is 0 Å². The van der Waals surface area contributed by atoms with Gasteiger partial charge in [0.15, 0.2) is 0 Å². The van der Waals surface area contributed by atoms with Gasteiger partial charge in [0.2, 0.25) is 0 Å². The van der Waals surface area contributed by atoms with E-state index in [9.17, 15) is 0 Å². The molecule has 0 atom stereocenters. The smallest absolute Gasteiger partial charge is 0.0348 e. The topological polar surface area (TPSA) is 0 Å². The molecule has 0 unspecified atom stereocenters. The summed E-state index contributed by atoms with van der Waals surface area (Å²) in [5.41, 5.74) is 0. The van der Waals surface area contributed by atoms with Gasteiger partial charge < -0.3 is 0 Å². The second-order valence-electron chi connectivity index (χ2n) is 5.81. The van der Waals surface area contributed by atoms with Crippen molar-refractivity contribution in [3.63, 3.8) is 0 Å². The number of hydrogen-bond donors (Lipinski definition) is 0. The minimum absolute atomic E-state index is 1.20. The Hall–Kier alpha value is -1.82. The first-order chi connectivity index (χ1) is 11.9. The lowest BCUT2D eigenvalue weighted by molar-refractivity contribution is 0.577. The largest absolute Gasteiger partial charge is 0.0845 e. The fraction of sp³-hybridized carbons (Fsp3) is 0.417. The summed E-state index contributed by atoms with van der Waals surface area (Å²) in [7, 11) is 0. The summed E-state index contributed by atoms with van der Waals surface area (Å²) >= 11 is 0. The maximum atomic E-state index is 5.22. The van der Waals surface area contributed by atoms with Crippen LogP contribution in [0.4, 0.5) is 0 Å². The summed E-state index contributed by atoms with van der Waals surface area (Å²) < 4.78 is 0. The van der Waals surface area contributed by atoms with Crippen LogP contribution in [0.25, 0.3) is 0 Å². The van der Waals surface area contributed by atoms with Crippen LogP contribution in [0.15, 0.2) is 79.0 Å². The molecule has 1 radical (unpaired) electrons. The molecule has 0 aromatic carbocycles. The molecule has 0 aliphatic heterocycles. The first-order valence-electron chi connectivity index (χ1n) is 9.45. The van der Waals surface area contributed by atoms with Crippen molar-refractivity contribution in [1.29, 1.82) is 0 Å². The number of rotatable bonds is 15. The van der Waals surface area contributed by atoms with Crippen LogP contribution in [0.1, 0.15) is 64.7 Å². The van der Waals surface area contributed by atoms with Gasteiger partial charge in [0.25, 0.3) is 0 Å². The minimum atomic E-state index is 1.20. The molecule has 0 N–H and O–H groups in total. The van der Waals surface area contributed by atoms with Crippen LogP contribution in [0, 0.1) is 6.58 Å². The van der Waals surface area contributed by atoms with Crippen molar-refractivity contribution in [2.45, 2.75) is 64.7 Å². The van der Waals surface area contributed by atoms with E-state index in [2.05, 4.69) is 31.2 Å². The first kappa shape index (κ1) is 22.2. The monoisotopic (exact) mass is 323 g/mol. The highest BCUT2D eigenvalue weighted by molar-refractivity contribution is 5.20. The van der Waals surface area contributed by atoms with Gasteiger partial charge in [-0.15, -0.1) is 0 Å².